The summed E-state index contributed by atoms with van der Waals surface area (Å²) < 4.78 is 12.9. The number of anilines is 1. The molecule has 1 amide bonds. The summed E-state index contributed by atoms with van der Waals surface area (Å²) in [5.74, 6) is 1.63. The fourth-order valence-electron chi connectivity index (χ4n) is 3.32. The van der Waals surface area contributed by atoms with Gasteiger partial charge in [0, 0.05) is 29.7 Å². The Labute approximate surface area is 181 Å². The van der Waals surface area contributed by atoms with Crippen molar-refractivity contribution < 1.29 is 14.3 Å². The van der Waals surface area contributed by atoms with Crippen LogP contribution in [0.1, 0.15) is 10.4 Å². The van der Waals surface area contributed by atoms with E-state index in [1.807, 2.05) is 41.3 Å². The van der Waals surface area contributed by atoms with Gasteiger partial charge in [0.2, 0.25) is 0 Å². The van der Waals surface area contributed by atoms with Crippen LogP contribution in [0.25, 0.3) is 10.2 Å². The van der Waals surface area contributed by atoms with Gasteiger partial charge in [0.25, 0.3) is 5.91 Å². The summed E-state index contributed by atoms with van der Waals surface area (Å²) in [7, 11) is 3.31. The van der Waals surface area contributed by atoms with Crippen LogP contribution in [0.3, 0.4) is 0 Å². The maximum atomic E-state index is 12.8. The Bertz CT molecular complexity index is 974. The van der Waals surface area contributed by atoms with E-state index in [0.717, 1.165) is 49.1 Å². The van der Waals surface area contributed by atoms with Gasteiger partial charge in [0.15, 0.2) is 5.13 Å². The second-order valence-electron chi connectivity index (χ2n) is 6.40. The minimum absolute atomic E-state index is 0.0947. The third-order valence-electron chi connectivity index (χ3n) is 4.84. The smallest absolute Gasteiger partial charge is 0.255 e. The predicted octanol–water partition coefficient (Wildman–Crippen LogP) is 3.88. The maximum Gasteiger partial charge on any atom is 0.255 e. The van der Waals surface area contributed by atoms with Crippen molar-refractivity contribution in [2.75, 3.05) is 45.3 Å². The summed E-state index contributed by atoms with van der Waals surface area (Å²) in [5, 5.41) is 0.930. The Kier molecular flexibility index (Phi) is 5.58. The molecule has 1 aromatic heterocycles. The number of hydrogen-bond acceptors (Lipinski definition) is 6. The number of carbonyl (C=O) groups excluding carboxylic acids is 1. The molecule has 0 atom stereocenters. The van der Waals surface area contributed by atoms with Crippen molar-refractivity contribution in [2.45, 2.75) is 0 Å². The molecule has 0 bridgehead atoms. The molecule has 6 nitrogen and oxygen atoms in total. The monoisotopic (exact) mass is 509 g/mol. The molecule has 0 N–H and O–H groups in total. The lowest BCUT2D eigenvalue weighted by atomic mass is 10.2. The van der Waals surface area contributed by atoms with Crippen molar-refractivity contribution in [3.05, 3.63) is 45.5 Å². The summed E-state index contributed by atoms with van der Waals surface area (Å²) >= 11 is 3.81. The van der Waals surface area contributed by atoms with Crippen LogP contribution in [0, 0.1) is 3.57 Å². The minimum Gasteiger partial charge on any atom is -0.495 e. The third kappa shape index (κ3) is 3.50. The predicted molar refractivity (Wildman–Crippen MR) is 120 cm³/mol. The molecular formula is C20H20IN3O3S. The van der Waals surface area contributed by atoms with E-state index in [1.54, 1.807) is 25.6 Å². The fraction of sp³-hybridized carbons (Fsp3) is 0.300. The highest BCUT2D eigenvalue weighted by atomic mass is 127. The number of carbonyl (C=O) groups is 1. The molecule has 0 saturated carbocycles. The highest BCUT2D eigenvalue weighted by molar-refractivity contribution is 14.1. The molecule has 1 aliphatic heterocycles. The molecule has 2 aromatic carbocycles. The maximum absolute atomic E-state index is 12.8. The lowest BCUT2D eigenvalue weighted by Gasteiger charge is -2.34. The van der Waals surface area contributed by atoms with E-state index in [9.17, 15) is 4.79 Å². The quantitative estimate of drug-likeness (QED) is 0.500. The second-order valence-corrected chi connectivity index (χ2v) is 8.54. The van der Waals surface area contributed by atoms with Crippen LogP contribution in [-0.2, 0) is 0 Å². The van der Waals surface area contributed by atoms with Gasteiger partial charge in [0.1, 0.15) is 21.7 Å². The SMILES string of the molecule is COc1ccc(OC)c2sc(N3CCN(C(=O)c4ccccc4I)CC3)nc12. The molecular weight excluding hydrogens is 489 g/mol. The Morgan fingerprint density at radius 2 is 1.71 bits per heavy atom. The van der Waals surface area contributed by atoms with E-state index in [0.29, 0.717) is 13.1 Å². The lowest BCUT2D eigenvalue weighted by molar-refractivity contribution is 0.0745. The molecule has 8 heteroatoms. The first-order valence-corrected chi connectivity index (χ1v) is 10.8. The topological polar surface area (TPSA) is 54.9 Å². The molecule has 0 spiro atoms. The first-order chi connectivity index (χ1) is 13.6. The van der Waals surface area contributed by atoms with E-state index >= 15 is 0 Å². The van der Waals surface area contributed by atoms with Gasteiger partial charge in [-0.25, -0.2) is 4.98 Å². The van der Waals surface area contributed by atoms with Crippen molar-refractivity contribution in [1.29, 1.82) is 0 Å². The zero-order valence-corrected chi connectivity index (χ0v) is 18.6. The average Bonchev–Trinajstić information content (AvgIpc) is 3.18. The summed E-state index contributed by atoms with van der Waals surface area (Å²) in [5.41, 5.74) is 1.59. The summed E-state index contributed by atoms with van der Waals surface area (Å²) in [4.78, 5) is 21.8. The molecule has 0 radical (unpaired) electrons. The molecule has 28 heavy (non-hydrogen) atoms. The Hall–Kier alpha value is -2.07. The number of amides is 1. The summed E-state index contributed by atoms with van der Waals surface area (Å²) in [6, 6.07) is 11.5. The first kappa shape index (κ1) is 19.3. The molecule has 1 aliphatic rings. The Morgan fingerprint density at radius 1 is 1.04 bits per heavy atom. The van der Waals surface area contributed by atoms with Crippen molar-refractivity contribution in [1.82, 2.24) is 9.88 Å². The molecule has 1 saturated heterocycles. The number of hydrogen-bond donors (Lipinski definition) is 0. The minimum atomic E-state index is 0.0947. The number of halogens is 1. The molecule has 0 unspecified atom stereocenters. The molecule has 4 rings (SSSR count). The molecule has 1 fully saturated rings. The number of rotatable bonds is 4. The fourth-order valence-corrected chi connectivity index (χ4v) is 5.06. The molecule has 146 valence electrons. The number of aromatic nitrogens is 1. The number of thiazole rings is 1. The van der Waals surface area contributed by atoms with Gasteiger partial charge in [-0.2, -0.15) is 0 Å². The van der Waals surface area contributed by atoms with E-state index in [2.05, 4.69) is 27.5 Å². The highest BCUT2D eigenvalue weighted by Crippen LogP contribution is 2.40. The van der Waals surface area contributed by atoms with Crippen LogP contribution in [0.2, 0.25) is 0 Å². The number of benzene rings is 2. The zero-order valence-electron chi connectivity index (χ0n) is 15.6. The molecule has 3 aromatic rings. The highest BCUT2D eigenvalue weighted by Gasteiger charge is 2.25. The van der Waals surface area contributed by atoms with Crippen LogP contribution in [0.15, 0.2) is 36.4 Å². The van der Waals surface area contributed by atoms with Crippen molar-refractivity contribution in [3.63, 3.8) is 0 Å². The number of fused-ring (bicyclic) bond motifs is 1. The normalized spacial score (nSPS) is 14.4. The summed E-state index contributed by atoms with van der Waals surface area (Å²) in [6.07, 6.45) is 0. The van der Waals surface area contributed by atoms with Crippen molar-refractivity contribution in [3.8, 4) is 11.5 Å². The van der Waals surface area contributed by atoms with E-state index in [4.69, 9.17) is 14.5 Å². The van der Waals surface area contributed by atoms with Gasteiger partial charge in [-0.15, -0.1) is 0 Å². The van der Waals surface area contributed by atoms with Gasteiger partial charge in [-0.05, 0) is 46.9 Å². The van der Waals surface area contributed by atoms with Gasteiger partial charge in [0.05, 0.1) is 19.8 Å². The number of piperazine rings is 1. The van der Waals surface area contributed by atoms with Crippen LogP contribution < -0.4 is 14.4 Å². The first-order valence-electron chi connectivity index (χ1n) is 8.92. The van der Waals surface area contributed by atoms with Crippen molar-refractivity contribution in [2.24, 2.45) is 0 Å². The van der Waals surface area contributed by atoms with E-state index < -0.39 is 0 Å². The summed E-state index contributed by atoms with van der Waals surface area (Å²) in [6.45, 7) is 2.85. The van der Waals surface area contributed by atoms with Crippen LogP contribution in [-0.4, -0.2) is 56.2 Å². The van der Waals surface area contributed by atoms with E-state index in [-0.39, 0.29) is 5.91 Å². The number of methoxy groups -OCH3 is 2. The van der Waals surface area contributed by atoms with E-state index in [1.165, 1.54) is 0 Å². The standard InChI is InChI=1S/C20H20IN3O3S/c1-26-15-7-8-16(27-2)18-17(15)22-20(28-18)24-11-9-23(10-12-24)19(25)13-5-3-4-6-14(13)21/h3-8H,9-12H2,1-2H3. The van der Waals surface area contributed by atoms with Gasteiger partial charge >= 0.3 is 0 Å². The van der Waals surface area contributed by atoms with Gasteiger partial charge in [-0.1, -0.05) is 23.5 Å². The lowest BCUT2D eigenvalue weighted by Crippen LogP contribution is -2.48. The number of ether oxygens (including phenoxy) is 2. The number of nitrogens with zero attached hydrogens (tertiary/aromatic N) is 3. The van der Waals surface area contributed by atoms with Crippen LogP contribution in [0.4, 0.5) is 5.13 Å². The second kappa shape index (κ2) is 8.12. The Morgan fingerprint density at radius 3 is 2.39 bits per heavy atom. The van der Waals surface area contributed by atoms with Crippen LogP contribution in [0.5, 0.6) is 11.5 Å². The molecule has 0 aliphatic carbocycles. The van der Waals surface area contributed by atoms with Crippen molar-refractivity contribution >= 4 is 55.2 Å². The average molecular weight is 509 g/mol. The van der Waals surface area contributed by atoms with Gasteiger partial charge in [-0.3, -0.25) is 4.79 Å². The Balaban J connectivity index is 1.52. The van der Waals surface area contributed by atoms with Crippen LogP contribution >= 0.6 is 33.9 Å². The molecule has 2 heterocycles. The third-order valence-corrected chi connectivity index (χ3v) is 6.91. The largest absolute Gasteiger partial charge is 0.495 e. The van der Waals surface area contributed by atoms with Gasteiger partial charge < -0.3 is 19.3 Å². The zero-order chi connectivity index (χ0) is 19.7.